The van der Waals surface area contributed by atoms with Crippen LogP contribution in [0.15, 0.2) is 22.7 Å². The van der Waals surface area contributed by atoms with Gasteiger partial charge < -0.3 is 9.84 Å². The molecule has 0 aliphatic carbocycles. The van der Waals surface area contributed by atoms with Gasteiger partial charge in [0.1, 0.15) is 5.75 Å². The number of halogens is 1. The van der Waals surface area contributed by atoms with Crippen molar-refractivity contribution in [3.8, 4) is 5.75 Å². The second kappa shape index (κ2) is 4.32. The van der Waals surface area contributed by atoms with Crippen molar-refractivity contribution in [1.29, 1.82) is 0 Å². The summed E-state index contributed by atoms with van der Waals surface area (Å²) in [7, 11) is 0. The lowest BCUT2D eigenvalue weighted by atomic mass is 9.92. The molecule has 0 saturated carbocycles. The molecule has 1 saturated heterocycles. The van der Waals surface area contributed by atoms with Crippen molar-refractivity contribution >= 4 is 15.9 Å². The molecule has 76 valence electrons. The van der Waals surface area contributed by atoms with Gasteiger partial charge in [0.2, 0.25) is 0 Å². The van der Waals surface area contributed by atoms with Gasteiger partial charge in [0.15, 0.2) is 0 Å². The molecule has 0 radical (unpaired) electrons. The predicted octanol–water partition coefficient (Wildman–Crippen LogP) is 3.05. The number of hydrogen-bond acceptors (Lipinski definition) is 2. The van der Waals surface area contributed by atoms with Gasteiger partial charge in [0.05, 0.1) is 0 Å². The van der Waals surface area contributed by atoms with Gasteiger partial charge in [-0.3, -0.25) is 0 Å². The van der Waals surface area contributed by atoms with Crippen LogP contribution in [-0.4, -0.2) is 18.3 Å². The van der Waals surface area contributed by atoms with E-state index in [0.29, 0.717) is 11.7 Å². The Balaban J connectivity index is 2.24. The van der Waals surface area contributed by atoms with Gasteiger partial charge in [-0.15, -0.1) is 0 Å². The van der Waals surface area contributed by atoms with Crippen molar-refractivity contribution in [3.05, 3.63) is 28.2 Å². The Morgan fingerprint density at radius 1 is 1.29 bits per heavy atom. The molecule has 0 unspecified atom stereocenters. The predicted molar refractivity (Wildman–Crippen MR) is 58.6 cm³/mol. The smallest absolute Gasteiger partial charge is 0.115 e. The van der Waals surface area contributed by atoms with E-state index in [1.54, 1.807) is 6.07 Å². The minimum Gasteiger partial charge on any atom is -0.508 e. The standard InChI is InChI=1S/C11H13BrO2/c12-11-2-1-9(13)7-10(11)8-3-5-14-6-4-8/h1-2,7-8,13H,3-6H2. The molecule has 14 heavy (non-hydrogen) atoms. The SMILES string of the molecule is Oc1ccc(Br)c(C2CCOCC2)c1. The Bertz CT molecular complexity index is 319. The minimum absolute atomic E-state index is 0.342. The van der Waals surface area contributed by atoms with Gasteiger partial charge >= 0.3 is 0 Å². The Morgan fingerprint density at radius 3 is 2.71 bits per heavy atom. The fraction of sp³-hybridized carbons (Fsp3) is 0.455. The summed E-state index contributed by atoms with van der Waals surface area (Å²) in [4.78, 5) is 0. The van der Waals surface area contributed by atoms with Gasteiger partial charge in [-0.2, -0.15) is 0 Å². The molecule has 1 heterocycles. The van der Waals surface area contributed by atoms with E-state index >= 15 is 0 Å². The summed E-state index contributed by atoms with van der Waals surface area (Å²) in [6, 6.07) is 5.45. The zero-order valence-corrected chi connectivity index (χ0v) is 9.46. The van der Waals surface area contributed by atoms with E-state index in [-0.39, 0.29) is 0 Å². The molecule has 0 spiro atoms. The summed E-state index contributed by atoms with van der Waals surface area (Å²) < 4.78 is 6.40. The summed E-state index contributed by atoms with van der Waals surface area (Å²) in [6.45, 7) is 1.65. The fourth-order valence-corrected chi connectivity index (χ4v) is 2.42. The van der Waals surface area contributed by atoms with Crippen LogP contribution in [0.3, 0.4) is 0 Å². The zero-order valence-electron chi connectivity index (χ0n) is 7.87. The quantitative estimate of drug-likeness (QED) is 0.837. The molecule has 0 amide bonds. The van der Waals surface area contributed by atoms with Crippen LogP contribution in [0.1, 0.15) is 24.3 Å². The fourth-order valence-electron chi connectivity index (χ4n) is 1.85. The van der Waals surface area contributed by atoms with Gasteiger partial charge in [-0.25, -0.2) is 0 Å². The molecule has 1 aliphatic heterocycles. The third-order valence-electron chi connectivity index (χ3n) is 2.64. The Morgan fingerprint density at radius 2 is 2.00 bits per heavy atom. The summed E-state index contributed by atoms with van der Waals surface area (Å²) in [6.07, 6.45) is 2.09. The van der Waals surface area contributed by atoms with E-state index in [1.165, 1.54) is 5.56 Å². The molecule has 0 atom stereocenters. The number of hydrogen-bond donors (Lipinski definition) is 1. The molecular formula is C11H13BrO2. The molecule has 1 aliphatic rings. The molecule has 0 bridgehead atoms. The van der Waals surface area contributed by atoms with E-state index in [9.17, 15) is 5.11 Å². The lowest BCUT2D eigenvalue weighted by molar-refractivity contribution is 0.0851. The molecule has 1 fully saturated rings. The first-order valence-corrected chi connectivity index (χ1v) is 5.63. The van der Waals surface area contributed by atoms with E-state index in [1.807, 2.05) is 12.1 Å². The lowest BCUT2D eigenvalue weighted by Crippen LogP contribution is -2.14. The number of rotatable bonds is 1. The van der Waals surface area contributed by atoms with Gasteiger partial charge in [0.25, 0.3) is 0 Å². The molecule has 1 N–H and O–H groups in total. The van der Waals surface area contributed by atoms with Crippen LogP contribution >= 0.6 is 15.9 Å². The average molecular weight is 257 g/mol. The highest BCUT2D eigenvalue weighted by Gasteiger charge is 2.18. The van der Waals surface area contributed by atoms with E-state index in [0.717, 1.165) is 30.5 Å². The van der Waals surface area contributed by atoms with Gasteiger partial charge in [0, 0.05) is 17.7 Å². The topological polar surface area (TPSA) is 29.5 Å². The Labute approximate surface area is 92.0 Å². The monoisotopic (exact) mass is 256 g/mol. The van der Waals surface area contributed by atoms with E-state index < -0.39 is 0 Å². The van der Waals surface area contributed by atoms with Crippen molar-refractivity contribution in [2.45, 2.75) is 18.8 Å². The Kier molecular flexibility index (Phi) is 3.08. The normalized spacial score (nSPS) is 18.4. The van der Waals surface area contributed by atoms with Crippen LogP contribution in [-0.2, 0) is 4.74 Å². The second-order valence-corrected chi connectivity index (χ2v) is 4.45. The van der Waals surface area contributed by atoms with Crippen LogP contribution in [0.25, 0.3) is 0 Å². The maximum atomic E-state index is 9.42. The number of phenols is 1. The van der Waals surface area contributed by atoms with Crippen molar-refractivity contribution in [3.63, 3.8) is 0 Å². The number of phenolic OH excluding ortho intramolecular Hbond substituents is 1. The van der Waals surface area contributed by atoms with Crippen molar-refractivity contribution in [2.24, 2.45) is 0 Å². The molecule has 3 heteroatoms. The summed E-state index contributed by atoms with van der Waals surface area (Å²) in [5.41, 5.74) is 1.20. The largest absolute Gasteiger partial charge is 0.508 e. The second-order valence-electron chi connectivity index (χ2n) is 3.59. The lowest BCUT2D eigenvalue weighted by Gasteiger charge is -2.23. The number of ether oxygens (including phenoxy) is 1. The minimum atomic E-state index is 0.342. The highest BCUT2D eigenvalue weighted by Crippen LogP contribution is 2.34. The van der Waals surface area contributed by atoms with Gasteiger partial charge in [-0.05, 0) is 42.5 Å². The van der Waals surface area contributed by atoms with Crippen molar-refractivity contribution in [2.75, 3.05) is 13.2 Å². The van der Waals surface area contributed by atoms with Crippen LogP contribution in [0.4, 0.5) is 0 Å². The van der Waals surface area contributed by atoms with Crippen LogP contribution in [0, 0.1) is 0 Å². The Hall–Kier alpha value is -0.540. The third kappa shape index (κ3) is 2.10. The number of aromatic hydroxyl groups is 1. The van der Waals surface area contributed by atoms with Crippen LogP contribution in [0.5, 0.6) is 5.75 Å². The number of benzene rings is 1. The molecule has 1 aromatic carbocycles. The molecular weight excluding hydrogens is 244 g/mol. The van der Waals surface area contributed by atoms with Crippen molar-refractivity contribution < 1.29 is 9.84 Å². The van der Waals surface area contributed by atoms with Crippen LogP contribution in [0.2, 0.25) is 0 Å². The van der Waals surface area contributed by atoms with Crippen LogP contribution < -0.4 is 0 Å². The average Bonchev–Trinajstić information content (AvgIpc) is 2.23. The first kappa shape index (κ1) is 9.99. The van der Waals surface area contributed by atoms with Crippen molar-refractivity contribution in [1.82, 2.24) is 0 Å². The van der Waals surface area contributed by atoms with E-state index in [2.05, 4.69) is 15.9 Å². The molecule has 2 nitrogen and oxygen atoms in total. The first-order chi connectivity index (χ1) is 6.77. The van der Waals surface area contributed by atoms with E-state index in [4.69, 9.17) is 4.74 Å². The first-order valence-electron chi connectivity index (χ1n) is 4.83. The molecule has 0 aromatic heterocycles. The highest BCUT2D eigenvalue weighted by atomic mass is 79.9. The summed E-state index contributed by atoms with van der Waals surface area (Å²) in [5, 5.41) is 9.42. The molecule has 2 rings (SSSR count). The maximum Gasteiger partial charge on any atom is 0.115 e. The van der Waals surface area contributed by atoms with Gasteiger partial charge in [-0.1, -0.05) is 15.9 Å². The maximum absolute atomic E-state index is 9.42. The zero-order chi connectivity index (χ0) is 9.97. The highest BCUT2D eigenvalue weighted by molar-refractivity contribution is 9.10. The third-order valence-corrected chi connectivity index (χ3v) is 3.36. The molecule has 1 aromatic rings. The summed E-state index contributed by atoms with van der Waals surface area (Å²) >= 11 is 3.51. The summed E-state index contributed by atoms with van der Waals surface area (Å²) in [5.74, 6) is 0.861.